The first kappa shape index (κ1) is 61.5. The van der Waals surface area contributed by atoms with Crippen LogP contribution in [0.4, 0.5) is 0 Å². The van der Waals surface area contributed by atoms with E-state index in [1.54, 1.807) is 24.8 Å². The van der Waals surface area contributed by atoms with Gasteiger partial charge in [-0.2, -0.15) is 0 Å². The van der Waals surface area contributed by atoms with Crippen LogP contribution in [0.15, 0.2) is 134 Å². The number of rotatable bonds is 4. The standard InChI is InChI=1S/2C12H8N2.2C8H6O5.2Cu.6H2O/c2*1-3-9-5-6-10-4-2-8-14-12(10)11(9)13-7-1;2*9-6-2-4(7(10)11)1-5(3-6)8(12)13;;;;;;;;/h2*1-8H;2*1-3,9H,(H,10,11)(H,12,13);;;6*1H2/q;;;;2*+2;;;;;;/p-4. The largest absolute Gasteiger partial charge is 2.00 e. The van der Waals surface area contributed by atoms with Gasteiger partial charge >= 0.3 is 34.1 Å². The third-order valence-corrected chi connectivity index (χ3v) is 7.47. The molecule has 62 heavy (non-hydrogen) atoms. The van der Waals surface area contributed by atoms with Crippen LogP contribution in [0, 0.1) is 0 Å². The van der Waals surface area contributed by atoms with Crippen LogP contribution in [0.1, 0.15) is 41.4 Å². The van der Waals surface area contributed by atoms with Crippen LogP contribution in [-0.4, -0.2) is 86.9 Å². The molecule has 0 aliphatic rings. The summed E-state index contributed by atoms with van der Waals surface area (Å²) in [6, 6.07) is 29.5. The van der Waals surface area contributed by atoms with Crippen molar-refractivity contribution in [3.63, 3.8) is 0 Å². The van der Waals surface area contributed by atoms with E-state index < -0.39 is 57.6 Å². The summed E-state index contributed by atoms with van der Waals surface area (Å²) in [7, 11) is 0. The second kappa shape index (κ2) is 28.3. The fourth-order valence-electron chi connectivity index (χ4n) is 5.05. The van der Waals surface area contributed by atoms with E-state index in [0.29, 0.717) is 0 Å². The predicted molar refractivity (Wildman–Crippen MR) is 209 cm³/mol. The topological polar surface area (TPSA) is 442 Å². The summed E-state index contributed by atoms with van der Waals surface area (Å²) in [4.78, 5) is 58.6. The quantitative estimate of drug-likeness (QED) is 0.130. The number of aromatic carboxylic acids is 4. The maximum Gasteiger partial charge on any atom is 2.00 e. The number of aromatic nitrogens is 4. The van der Waals surface area contributed by atoms with Gasteiger partial charge in [-0.1, -0.05) is 48.5 Å². The van der Waals surface area contributed by atoms with E-state index in [9.17, 15) is 39.6 Å². The molecule has 2 radical (unpaired) electrons. The first-order chi connectivity index (χ1) is 25.9. The second-order valence-electron chi connectivity index (χ2n) is 11.1. The summed E-state index contributed by atoms with van der Waals surface area (Å²) in [5.74, 6) is -7.14. The molecule has 4 aromatic carbocycles. The molecule has 0 spiro atoms. The third-order valence-electron chi connectivity index (χ3n) is 7.47. The van der Waals surface area contributed by atoms with E-state index >= 15 is 0 Å². The summed E-state index contributed by atoms with van der Waals surface area (Å²) >= 11 is 0. The molecule has 0 fully saturated rings. The first-order valence-electron chi connectivity index (χ1n) is 15.6. The van der Waals surface area contributed by atoms with Gasteiger partial charge in [0, 0.05) is 68.6 Å². The molecular formula is C40H36Cu2N4O16. The molecule has 8 aromatic rings. The van der Waals surface area contributed by atoms with Crippen LogP contribution in [0.2, 0.25) is 0 Å². The molecule has 0 saturated carbocycles. The summed E-state index contributed by atoms with van der Waals surface area (Å²) in [5, 5.41) is 63.5. The Labute approximate surface area is 370 Å². The van der Waals surface area contributed by atoms with Gasteiger partial charge in [-0.05, 0) is 60.7 Å². The van der Waals surface area contributed by atoms with Gasteiger partial charge in [0.15, 0.2) is 0 Å². The van der Waals surface area contributed by atoms with Crippen molar-refractivity contribution in [2.75, 3.05) is 0 Å². The Morgan fingerprint density at radius 1 is 0.355 bits per heavy atom. The Hall–Kier alpha value is -7.20. The molecular weight excluding hydrogens is 920 g/mol. The number of nitrogens with zero attached hydrogens (tertiary/aromatic N) is 4. The summed E-state index contributed by atoms with van der Waals surface area (Å²) in [6.07, 6.45) is 7.21. The Morgan fingerprint density at radius 2 is 0.548 bits per heavy atom. The monoisotopic (exact) mass is 954 g/mol. The van der Waals surface area contributed by atoms with Gasteiger partial charge in [-0.25, -0.2) is 0 Å². The Bertz CT molecular complexity index is 2350. The maximum absolute atomic E-state index is 10.3. The molecule has 0 unspecified atom stereocenters. The smallest absolute Gasteiger partial charge is 0.545 e. The van der Waals surface area contributed by atoms with Crippen LogP contribution in [-0.2, 0) is 34.1 Å². The number of hydrogen-bond donors (Lipinski definition) is 2. The number of carbonyl (C=O) groups excluding carboxylic acids is 4. The Morgan fingerprint density at radius 3 is 0.726 bits per heavy atom. The van der Waals surface area contributed by atoms with E-state index in [1.165, 1.54) is 0 Å². The number of hydrogen-bond acceptors (Lipinski definition) is 14. The van der Waals surface area contributed by atoms with Gasteiger partial charge in [-0.15, -0.1) is 0 Å². The number of aromatic hydroxyl groups is 2. The predicted octanol–water partition coefficient (Wildman–Crippen LogP) is -3.15. The number of carboxylic acid groups (broad SMARTS) is 4. The molecule has 0 aliphatic heterocycles. The van der Waals surface area contributed by atoms with E-state index in [-0.39, 0.29) is 67.0 Å². The normalized spacial score (nSPS) is 8.90. The van der Waals surface area contributed by atoms with Crippen LogP contribution in [0.3, 0.4) is 0 Å². The summed E-state index contributed by atoms with van der Waals surface area (Å²) in [6.45, 7) is 0. The maximum atomic E-state index is 10.3. The Kier molecular flexibility index (Phi) is 28.1. The van der Waals surface area contributed by atoms with Crippen LogP contribution >= 0.6 is 0 Å². The minimum atomic E-state index is -1.56. The van der Waals surface area contributed by atoms with Crippen molar-refractivity contribution in [2.45, 2.75) is 0 Å². The van der Waals surface area contributed by atoms with Gasteiger partial charge in [0.1, 0.15) is 11.5 Å². The van der Waals surface area contributed by atoms with Crippen molar-refractivity contribution in [1.29, 1.82) is 0 Å². The summed E-state index contributed by atoms with van der Waals surface area (Å²) < 4.78 is 0. The third kappa shape index (κ3) is 15.8. The van der Waals surface area contributed by atoms with Crippen LogP contribution in [0.5, 0.6) is 11.5 Å². The molecule has 20 nitrogen and oxygen atoms in total. The molecule has 0 atom stereocenters. The molecule has 8 rings (SSSR count). The molecule has 0 bridgehead atoms. The molecule has 0 amide bonds. The van der Waals surface area contributed by atoms with E-state index in [4.69, 9.17) is 10.2 Å². The zero-order valence-corrected chi connectivity index (χ0v) is 33.1. The number of fused-ring (bicyclic) bond motifs is 6. The number of phenols is 2. The zero-order chi connectivity index (χ0) is 38.8. The zero-order valence-electron chi connectivity index (χ0n) is 31.3. The first-order valence-corrected chi connectivity index (χ1v) is 15.6. The van der Waals surface area contributed by atoms with Crippen molar-refractivity contribution < 1.29 is 117 Å². The SMILES string of the molecule is O.O.O.O.O.O.O=C([O-])c1cc(O)cc(C(=O)[O-])c1.O=C([O-])c1cc(O)cc(C(=O)[O-])c1.[Cu+2].[Cu+2].c1cnc2c(c1)ccc1cccnc12.c1cnc2c(c1)ccc1cccnc12. The molecule has 0 aliphatic carbocycles. The van der Waals surface area contributed by atoms with E-state index in [1.807, 2.05) is 24.3 Å². The molecule has 334 valence electrons. The Balaban J connectivity index is -0.000000347. The number of phenolic OH excluding ortho intramolecular Hbond substituents is 2. The second-order valence-corrected chi connectivity index (χ2v) is 11.1. The van der Waals surface area contributed by atoms with Crippen molar-refractivity contribution in [3.8, 4) is 11.5 Å². The van der Waals surface area contributed by atoms with Crippen molar-refractivity contribution in [3.05, 3.63) is 156 Å². The van der Waals surface area contributed by atoms with Crippen molar-refractivity contribution >= 4 is 67.5 Å². The molecule has 22 heteroatoms. The van der Waals surface area contributed by atoms with Gasteiger partial charge in [-0.3, -0.25) is 19.9 Å². The van der Waals surface area contributed by atoms with E-state index in [0.717, 1.165) is 80.0 Å². The van der Waals surface area contributed by atoms with Crippen LogP contribution in [0.25, 0.3) is 43.6 Å². The molecule has 4 aromatic heterocycles. The molecule has 4 heterocycles. The minimum Gasteiger partial charge on any atom is -0.545 e. The van der Waals surface area contributed by atoms with Gasteiger partial charge in [0.05, 0.1) is 45.9 Å². The minimum absolute atomic E-state index is 0. The van der Waals surface area contributed by atoms with Gasteiger partial charge < -0.3 is 82.7 Å². The fraction of sp³-hybridized carbons (Fsp3) is 0. The van der Waals surface area contributed by atoms with Crippen molar-refractivity contribution in [1.82, 2.24) is 19.9 Å². The number of pyridine rings is 4. The molecule has 0 saturated heterocycles. The van der Waals surface area contributed by atoms with Gasteiger partial charge in [0.2, 0.25) is 0 Å². The van der Waals surface area contributed by atoms with Crippen LogP contribution < -0.4 is 20.4 Å². The average Bonchev–Trinajstić information content (AvgIpc) is 3.18. The van der Waals surface area contributed by atoms with Crippen molar-refractivity contribution in [2.24, 2.45) is 0 Å². The average molecular weight is 956 g/mol. The summed E-state index contributed by atoms with van der Waals surface area (Å²) in [5.41, 5.74) is 2.30. The van der Waals surface area contributed by atoms with E-state index in [2.05, 4.69) is 68.5 Å². The van der Waals surface area contributed by atoms with Gasteiger partial charge in [0.25, 0.3) is 0 Å². The molecule has 14 N–H and O–H groups in total. The number of carbonyl (C=O) groups is 4. The fourth-order valence-corrected chi connectivity index (χ4v) is 5.05. The number of carboxylic acids is 4. The number of benzene rings is 4.